The highest BCUT2D eigenvalue weighted by molar-refractivity contribution is 5.97. The van der Waals surface area contributed by atoms with Crippen molar-refractivity contribution in [2.75, 3.05) is 11.9 Å². The van der Waals surface area contributed by atoms with Gasteiger partial charge in [-0.3, -0.25) is 4.79 Å². The first-order chi connectivity index (χ1) is 16.7. The number of carbonyl (C=O) groups excluding carboxylic acids is 2. The Hall–Kier alpha value is -3.15. The summed E-state index contributed by atoms with van der Waals surface area (Å²) in [6.07, 6.45) is 0.970. The average molecular weight is 441 g/mol. The smallest absolute Gasteiger partial charge is 0.337 e. The molecule has 5 nitrogen and oxygen atoms in total. The van der Waals surface area contributed by atoms with Crippen LogP contribution >= 0.6 is 0 Å². The standard InChI is InChI=1S/C26H29FN2O3/c1-15(2)32-25(31)19-13-29(24(30)17-11-10-16(3)20(27)12-17)14-26(4,5)22-18-8-6-7-9-21(18)28-23(19)22/h6-13,15,22-23,28H,14H2,1-5H3/i6D,7D,8D,9D. The molecule has 1 amide bonds. The second-order valence-corrected chi connectivity index (χ2v) is 9.31. The van der Waals surface area contributed by atoms with Crippen molar-refractivity contribution in [1.82, 2.24) is 4.90 Å². The molecule has 2 heterocycles. The Labute approximate surface area is 193 Å². The van der Waals surface area contributed by atoms with E-state index in [-0.39, 0.29) is 47.5 Å². The first-order valence-electron chi connectivity index (χ1n) is 12.6. The summed E-state index contributed by atoms with van der Waals surface area (Å²) in [6, 6.07) is 2.33. The number of para-hydroxylation sites is 1. The number of hydrogen-bond donors (Lipinski definition) is 1. The molecule has 0 spiro atoms. The minimum absolute atomic E-state index is 0.116. The molecule has 2 aromatic carbocycles. The summed E-state index contributed by atoms with van der Waals surface area (Å²) >= 11 is 0. The van der Waals surface area contributed by atoms with Gasteiger partial charge in [0, 0.05) is 29.9 Å². The van der Waals surface area contributed by atoms with Crippen molar-refractivity contribution in [1.29, 1.82) is 0 Å². The van der Waals surface area contributed by atoms with Gasteiger partial charge in [0.05, 0.1) is 23.2 Å². The second-order valence-electron chi connectivity index (χ2n) is 9.31. The third kappa shape index (κ3) is 3.90. The minimum atomic E-state index is -0.761. The van der Waals surface area contributed by atoms with E-state index in [2.05, 4.69) is 5.32 Å². The van der Waals surface area contributed by atoms with Gasteiger partial charge >= 0.3 is 5.97 Å². The number of nitrogens with zero attached hydrogens (tertiary/aromatic N) is 1. The number of ether oxygens (including phenoxy) is 1. The van der Waals surface area contributed by atoms with Crippen LogP contribution in [0.4, 0.5) is 10.1 Å². The summed E-state index contributed by atoms with van der Waals surface area (Å²) in [4.78, 5) is 28.1. The third-order valence-corrected chi connectivity index (χ3v) is 5.97. The van der Waals surface area contributed by atoms with Gasteiger partial charge in [0.1, 0.15) is 5.82 Å². The summed E-state index contributed by atoms with van der Waals surface area (Å²) in [5, 5.41) is 3.15. The molecule has 4 rings (SSSR count). The molecule has 32 heavy (non-hydrogen) atoms. The predicted octanol–water partition coefficient (Wildman–Crippen LogP) is 5.03. The molecule has 0 saturated carbocycles. The monoisotopic (exact) mass is 440 g/mol. The molecule has 0 bridgehead atoms. The quantitative estimate of drug-likeness (QED) is 0.680. The third-order valence-electron chi connectivity index (χ3n) is 5.97. The van der Waals surface area contributed by atoms with Crippen molar-refractivity contribution in [3.8, 4) is 0 Å². The fourth-order valence-corrected chi connectivity index (χ4v) is 4.49. The lowest BCUT2D eigenvalue weighted by molar-refractivity contribution is -0.143. The molecule has 0 saturated heterocycles. The lowest BCUT2D eigenvalue weighted by Gasteiger charge is -2.36. The van der Waals surface area contributed by atoms with Crippen LogP contribution in [0.5, 0.6) is 0 Å². The number of esters is 1. The van der Waals surface area contributed by atoms with Gasteiger partial charge in [-0.1, -0.05) is 38.0 Å². The highest BCUT2D eigenvalue weighted by atomic mass is 19.1. The molecule has 168 valence electrons. The van der Waals surface area contributed by atoms with Crippen LogP contribution in [0.3, 0.4) is 0 Å². The average Bonchev–Trinajstić information content (AvgIpc) is 3.16. The molecular formula is C26H29FN2O3. The van der Waals surface area contributed by atoms with E-state index in [0.29, 0.717) is 11.1 Å². The number of anilines is 1. The number of amides is 1. The van der Waals surface area contributed by atoms with Crippen molar-refractivity contribution in [2.24, 2.45) is 5.41 Å². The molecule has 0 radical (unpaired) electrons. The van der Waals surface area contributed by atoms with E-state index in [1.54, 1.807) is 20.8 Å². The maximum absolute atomic E-state index is 14.3. The van der Waals surface area contributed by atoms with Crippen LogP contribution in [0, 0.1) is 18.2 Å². The maximum Gasteiger partial charge on any atom is 0.337 e. The van der Waals surface area contributed by atoms with Crippen LogP contribution in [0.25, 0.3) is 0 Å². The van der Waals surface area contributed by atoms with Crippen LogP contribution in [0.1, 0.15) is 60.6 Å². The molecule has 0 fully saturated rings. The largest absolute Gasteiger partial charge is 0.460 e. The Morgan fingerprint density at radius 1 is 1.28 bits per heavy atom. The SMILES string of the molecule is [2H]c1c([2H])c([2H])c2c(c1[2H])NC1C(C(=O)OC(C)C)=CN(C(=O)c3ccc(C)c(F)c3)CC(C)(C)C21. The van der Waals surface area contributed by atoms with E-state index in [1.807, 2.05) is 13.8 Å². The number of nitrogens with one attached hydrogen (secondary N) is 1. The second kappa shape index (κ2) is 8.08. The lowest BCUT2D eigenvalue weighted by atomic mass is 9.71. The Bertz CT molecular complexity index is 1310. The summed E-state index contributed by atoms with van der Waals surface area (Å²) in [5.74, 6) is -2.25. The maximum atomic E-state index is 14.3. The van der Waals surface area contributed by atoms with E-state index < -0.39 is 41.2 Å². The van der Waals surface area contributed by atoms with Crippen molar-refractivity contribution < 1.29 is 24.2 Å². The molecule has 1 N–H and O–H groups in total. The Morgan fingerprint density at radius 2 is 2.00 bits per heavy atom. The molecule has 0 aromatic heterocycles. The summed E-state index contributed by atoms with van der Waals surface area (Å²) in [7, 11) is 0. The van der Waals surface area contributed by atoms with Crippen molar-refractivity contribution >= 4 is 17.6 Å². The first-order valence-corrected chi connectivity index (χ1v) is 10.6. The molecule has 6 heteroatoms. The van der Waals surface area contributed by atoms with Crippen molar-refractivity contribution in [3.05, 3.63) is 76.6 Å². The Kier molecular flexibility index (Phi) is 4.40. The van der Waals surface area contributed by atoms with Gasteiger partial charge in [-0.2, -0.15) is 0 Å². The lowest BCUT2D eigenvalue weighted by Crippen LogP contribution is -2.39. The van der Waals surface area contributed by atoms with Gasteiger partial charge in [0.15, 0.2) is 0 Å². The van der Waals surface area contributed by atoms with Crippen LogP contribution in [0.2, 0.25) is 0 Å². The fraction of sp³-hybridized carbons (Fsp3) is 0.385. The van der Waals surface area contributed by atoms with Crippen LogP contribution in [-0.2, 0) is 9.53 Å². The van der Waals surface area contributed by atoms with E-state index in [1.165, 1.54) is 29.3 Å². The summed E-state index contributed by atoms with van der Waals surface area (Å²) in [5.41, 5.74) is 0.514. The number of fused-ring (bicyclic) bond motifs is 3. The van der Waals surface area contributed by atoms with Crippen LogP contribution in [-0.4, -0.2) is 35.5 Å². The van der Waals surface area contributed by atoms with E-state index in [0.717, 1.165) is 0 Å². The normalized spacial score (nSPS) is 23.0. The number of hydrogen-bond acceptors (Lipinski definition) is 4. The highest BCUT2D eigenvalue weighted by Crippen LogP contribution is 2.50. The highest BCUT2D eigenvalue weighted by Gasteiger charge is 2.48. The van der Waals surface area contributed by atoms with E-state index in [9.17, 15) is 14.0 Å². The van der Waals surface area contributed by atoms with Crippen LogP contribution < -0.4 is 5.32 Å². The Morgan fingerprint density at radius 3 is 2.69 bits per heavy atom. The van der Waals surface area contributed by atoms with Crippen molar-refractivity contribution in [3.63, 3.8) is 0 Å². The zero-order chi connectivity index (χ0) is 26.7. The van der Waals surface area contributed by atoms with Gasteiger partial charge in [-0.05, 0) is 55.5 Å². The summed E-state index contributed by atoms with van der Waals surface area (Å²) in [6.45, 7) is 8.88. The van der Waals surface area contributed by atoms with Gasteiger partial charge < -0.3 is 15.0 Å². The van der Waals surface area contributed by atoms with Gasteiger partial charge in [0.25, 0.3) is 5.91 Å². The predicted molar refractivity (Wildman–Crippen MR) is 122 cm³/mol. The van der Waals surface area contributed by atoms with E-state index in [4.69, 9.17) is 10.2 Å². The number of benzene rings is 2. The molecule has 0 aliphatic carbocycles. The number of carbonyl (C=O) groups is 2. The number of rotatable bonds is 3. The molecule has 2 aromatic rings. The minimum Gasteiger partial charge on any atom is -0.460 e. The van der Waals surface area contributed by atoms with E-state index >= 15 is 0 Å². The topological polar surface area (TPSA) is 58.6 Å². The molecular weight excluding hydrogens is 407 g/mol. The molecule has 2 unspecified atom stereocenters. The fourth-order valence-electron chi connectivity index (χ4n) is 4.49. The van der Waals surface area contributed by atoms with Crippen molar-refractivity contribution in [2.45, 2.75) is 52.7 Å². The summed E-state index contributed by atoms with van der Waals surface area (Å²) < 4.78 is 53.0. The molecule has 2 atom stereocenters. The zero-order valence-corrected chi connectivity index (χ0v) is 18.8. The van der Waals surface area contributed by atoms with Gasteiger partial charge in [0.2, 0.25) is 0 Å². The zero-order valence-electron chi connectivity index (χ0n) is 22.8. The Balaban J connectivity index is 1.88. The number of halogens is 1. The molecule has 2 aliphatic rings. The molecule has 2 aliphatic heterocycles. The van der Waals surface area contributed by atoms with Crippen LogP contribution in [0.15, 0.2) is 54.1 Å². The first kappa shape index (κ1) is 17.4. The van der Waals surface area contributed by atoms with Gasteiger partial charge in [-0.15, -0.1) is 0 Å². The number of aryl methyl sites for hydroxylation is 1. The van der Waals surface area contributed by atoms with Gasteiger partial charge in [-0.25, -0.2) is 9.18 Å².